The van der Waals surface area contributed by atoms with E-state index in [0.29, 0.717) is 6.42 Å². The van der Waals surface area contributed by atoms with Crippen LogP contribution in [0.3, 0.4) is 0 Å². The molecule has 3 nitrogen and oxygen atoms in total. The largest absolute Gasteiger partial charge is 0.351 e. The first-order valence-electron chi connectivity index (χ1n) is 4.78. The molecule has 0 atom stereocenters. The Balaban J connectivity index is 2.59. The molecule has 4 heteroatoms. The number of pyridine rings is 1. The van der Waals surface area contributed by atoms with E-state index in [4.69, 9.17) is 0 Å². The van der Waals surface area contributed by atoms with E-state index >= 15 is 0 Å². The van der Waals surface area contributed by atoms with Crippen molar-refractivity contribution in [1.82, 2.24) is 10.3 Å². The zero-order valence-corrected chi connectivity index (χ0v) is 10.8. The van der Waals surface area contributed by atoms with E-state index in [0.717, 1.165) is 10.2 Å². The molecule has 0 aliphatic carbocycles. The van der Waals surface area contributed by atoms with Crippen molar-refractivity contribution in [2.24, 2.45) is 0 Å². The summed E-state index contributed by atoms with van der Waals surface area (Å²) in [7, 11) is 0. The van der Waals surface area contributed by atoms with Crippen LogP contribution in [0.4, 0.5) is 0 Å². The first-order chi connectivity index (χ1) is 6.87. The summed E-state index contributed by atoms with van der Waals surface area (Å²) in [4.78, 5) is 15.6. The molecule has 1 aromatic heterocycles. The lowest BCUT2D eigenvalue weighted by Gasteiger charge is -2.20. The second kappa shape index (κ2) is 4.75. The molecule has 0 saturated carbocycles. The van der Waals surface area contributed by atoms with E-state index in [2.05, 4.69) is 26.2 Å². The summed E-state index contributed by atoms with van der Waals surface area (Å²) in [5.41, 5.74) is 0.778. The van der Waals surface area contributed by atoms with Gasteiger partial charge in [0.05, 0.1) is 6.42 Å². The van der Waals surface area contributed by atoms with Crippen molar-refractivity contribution in [3.63, 3.8) is 0 Å². The van der Waals surface area contributed by atoms with Crippen LogP contribution in [0.2, 0.25) is 0 Å². The fourth-order valence-corrected chi connectivity index (χ4v) is 1.61. The number of carbonyl (C=O) groups excluding carboxylic acids is 1. The summed E-state index contributed by atoms with van der Waals surface area (Å²) in [6.07, 6.45) is 2.07. The maximum absolute atomic E-state index is 11.6. The van der Waals surface area contributed by atoms with Crippen LogP contribution in [0, 0.1) is 0 Å². The van der Waals surface area contributed by atoms with Gasteiger partial charge >= 0.3 is 0 Å². The minimum absolute atomic E-state index is 0.0283. The van der Waals surface area contributed by atoms with Gasteiger partial charge in [-0.15, -0.1) is 0 Å². The van der Waals surface area contributed by atoms with Gasteiger partial charge in [-0.3, -0.25) is 4.79 Å². The number of nitrogens with zero attached hydrogens (tertiary/aromatic N) is 1. The van der Waals surface area contributed by atoms with E-state index in [-0.39, 0.29) is 11.4 Å². The van der Waals surface area contributed by atoms with Gasteiger partial charge < -0.3 is 5.32 Å². The molecule has 15 heavy (non-hydrogen) atoms. The third-order valence-electron chi connectivity index (χ3n) is 1.67. The summed E-state index contributed by atoms with van der Waals surface area (Å²) < 4.78 is 0.753. The first-order valence-corrected chi connectivity index (χ1v) is 5.57. The van der Waals surface area contributed by atoms with Crippen LogP contribution in [0.5, 0.6) is 0 Å². The highest BCUT2D eigenvalue weighted by Crippen LogP contribution is 2.09. The fraction of sp³-hybridized carbons (Fsp3) is 0.455. The number of aromatic nitrogens is 1. The Morgan fingerprint density at radius 1 is 1.53 bits per heavy atom. The predicted octanol–water partition coefficient (Wildman–Crippen LogP) is 2.30. The summed E-state index contributed by atoms with van der Waals surface area (Å²) >= 11 is 3.27. The monoisotopic (exact) mass is 270 g/mol. The van der Waals surface area contributed by atoms with Crippen LogP contribution in [-0.4, -0.2) is 16.4 Å². The lowest BCUT2D eigenvalue weighted by molar-refractivity contribution is -0.121. The second-order valence-electron chi connectivity index (χ2n) is 4.46. The molecule has 0 bridgehead atoms. The molecule has 82 valence electrons. The first kappa shape index (κ1) is 12.2. The second-order valence-corrected chi connectivity index (χ2v) is 5.27. The summed E-state index contributed by atoms with van der Waals surface area (Å²) in [5, 5.41) is 2.91. The zero-order chi connectivity index (χ0) is 11.5. The van der Waals surface area contributed by atoms with Crippen LogP contribution in [0.15, 0.2) is 22.9 Å². The molecule has 1 rings (SSSR count). The maximum atomic E-state index is 11.6. The van der Waals surface area contributed by atoms with Crippen molar-refractivity contribution in [2.45, 2.75) is 32.7 Å². The van der Waals surface area contributed by atoms with Gasteiger partial charge in [0.15, 0.2) is 0 Å². The van der Waals surface area contributed by atoms with Gasteiger partial charge in [0, 0.05) is 11.7 Å². The highest BCUT2D eigenvalue weighted by molar-refractivity contribution is 9.10. The zero-order valence-electron chi connectivity index (χ0n) is 9.17. The van der Waals surface area contributed by atoms with Gasteiger partial charge in [-0.2, -0.15) is 0 Å². The lowest BCUT2D eigenvalue weighted by atomic mass is 10.1. The van der Waals surface area contributed by atoms with Gasteiger partial charge in [0.25, 0.3) is 0 Å². The van der Waals surface area contributed by atoms with Crippen molar-refractivity contribution >= 4 is 21.8 Å². The summed E-state index contributed by atoms with van der Waals surface area (Å²) in [6, 6.07) is 3.69. The van der Waals surface area contributed by atoms with Crippen molar-refractivity contribution < 1.29 is 4.79 Å². The number of carbonyl (C=O) groups is 1. The minimum Gasteiger partial charge on any atom is -0.351 e. The molecule has 1 aromatic rings. The van der Waals surface area contributed by atoms with Gasteiger partial charge in [0.2, 0.25) is 5.91 Å². The molecule has 0 aliphatic heterocycles. The van der Waals surface area contributed by atoms with Crippen molar-refractivity contribution in [1.29, 1.82) is 0 Å². The van der Waals surface area contributed by atoms with Crippen molar-refractivity contribution in [3.8, 4) is 0 Å². The number of hydrogen-bond acceptors (Lipinski definition) is 2. The standard InChI is InChI=1S/C11H15BrN2O/c1-11(2,3)14-10(15)7-8-4-5-13-9(12)6-8/h4-6H,7H2,1-3H3,(H,14,15). The summed E-state index contributed by atoms with van der Waals surface area (Å²) in [5.74, 6) is 0.0283. The predicted molar refractivity (Wildman–Crippen MR) is 63.5 cm³/mol. The van der Waals surface area contributed by atoms with E-state index in [1.165, 1.54) is 0 Å². The van der Waals surface area contributed by atoms with E-state index in [1.54, 1.807) is 6.20 Å². The molecule has 0 radical (unpaired) electrons. The van der Waals surface area contributed by atoms with E-state index in [9.17, 15) is 4.79 Å². The Kier molecular flexibility index (Phi) is 3.85. The number of nitrogens with one attached hydrogen (secondary N) is 1. The third kappa shape index (κ3) is 4.93. The fourth-order valence-electron chi connectivity index (χ4n) is 1.20. The van der Waals surface area contributed by atoms with E-state index < -0.39 is 0 Å². The lowest BCUT2D eigenvalue weighted by Crippen LogP contribution is -2.41. The van der Waals surface area contributed by atoms with E-state index in [1.807, 2.05) is 32.9 Å². The molecule has 0 unspecified atom stereocenters. The number of halogens is 1. The van der Waals surface area contributed by atoms with Gasteiger partial charge in [-0.1, -0.05) is 0 Å². The summed E-state index contributed by atoms with van der Waals surface area (Å²) in [6.45, 7) is 5.90. The van der Waals surface area contributed by atoms with Crippen LogP contribution in [-0.2, 0) is 11.2 Å². The van der Waals surface area contributed by atoms with Crippen LogP contribution in [0.1, 0.15) is 26.3 Å². The van der Waals surface area contributed by atoms with Crippen LogP contribution < -0.4 is 5.32 Å². The Hall–Kier alpha value is -0.900. The molecule has 1 N–H and O–H groups in total. The Labute approximate surface area is 98.4 Å². The number of rotatable bonds is 2. The molecule has 0 aliphatic rings. The number of hydrogen-bond donors (Lipinski definition) is 1. The molecule has 0 saturated heterocycles. The van der Waals surface area contributed by atoms with Crippen molar-refractivity contribution in [3.05, 3.63) is 28.5 Å². The molecule has 0 aromatic carbocycles. The molecular weight excluding hydrogens is 256 g/mol. The topological polar surface area (TPSA) is 42.0 Å². The molecule has 0 spiro atoms. The van der Waals surface area contributed by atoms with Crippen LogP contribution >= 0.6 is 15.9 Å². The molecular formula is C11H15BrN2O. The Morgan fingerprint density at radius 3 is 2.73 bits per heavy atom. The smallest absolute Gasteiger partial charge is 0.224 e. The highest BCUT2D eigenvalue weighted by atomic mass is 79.9. The normalized spacial score (nSPS) is 11.2. The molecule has 1 heterocycles. The Morgan fingerprint density at radius 2 is 2.20 bits per heavy atom. The molecule has 0 fully saturated rings. The third-order valence-corrected chi connectivity index (χ3v) is 2.10. The van der Waals surface area contributed by atoms with Gasteiger partial charge in [-0.25, -0.2) is 4.98 Å². The highest BCUT2D eigenvalue weighted by Gasteiger charge is 2.13. The number of amides is 1. The van der Waals surface area contributed by atoms with Gasteiger partial charge in [-0.05, 0) is 54.4 Å². The minimum atomic E-state index is -0.179. The van der Waals surface area contributed by atoms with Gasteiger partial charge in [0.1, 0.15) is 4.60 Å². The molecule has 1 amide bonds. The average molecular weight is 271 g/mol. The van der Waals surface area contributed by atoms with Crippen molar-refractivity contribution in [2.75, 3.05) is 0 Å². The average Bonchev–Trinajstić information content (AvgIpc) is 1.99. The van der Waals surface area contributed by atoms with Crippen LogP contribution in [0.25, 0.3) is 0 Å². The quantitative estimate of drug-likeness (QED) is 0.839. The Bertz CT molecular complexity index is 358. The SMILES string of the molecule is CC(C)(C)NC(=O)Cc1ccnc(Br)c1. The maximum Gasteiger partial charge on any atom is 0.224 e.